The van der Waals surface area contributed by atoms with E-state index in [0.717, 1.165) is 57.8 Å². The molecule has 6 nitrogen and oxygen atoms in total. The Morgan fingerprint density at radius 3 is 2.50 bits per heavy atom. The molecule has 1 saturated carbocycles. The Morgan fingerprint density at radius 2 is 1.82 bits per heavy atom. The highest BCUT2D eigenvalue weighted by Gasteiger charge is 2.64. The molecule has 1 aliphatic carbocycles. The van der Waals surface area contributed by atoms with Crippen molar-refractivity contribution in [3.8, 4) is 0 Å². The van der Waals surface area contributed by atoms with Gasteiger partial charge < -0.3 is 4.90 Å². The summed E-state index contributed by atoms with van der Waals surface area (Å²) in [6, 6.07) is 6.02. The minimum atomic E-state index is -0.389. The molecule has 6 heteroatoms. The highest BCUT2D eigenvalue weighted by atomic mass is 16.2. The summed E-state index contributed by atoms with van der Waals surface area (Å²) in [6.45, 7) is 11.7. The van der Waals surface area contributed by atoms with E-state index in [4.69, 9.17) is 0 Å². The summed E-state index contributed by atoms with van der Waals surface area (Å²) in [5, 5.41) is 0. The maximum atomic E-state index is 13.1. The number of piperazine rings is 1. The zero-order chi connectivity index (χ0) is 19.9. The number of anilines is 1. The van der Waals surface area contributed by atoms with Gasteiger partial charge in [-0.3, -0.25) is 19.4 Å². The Morgan fingerprint density at radius 1 is 1.07 bits per heavy atom. The number of hydrogen-bond donors (Lipinski definition) is 0. The van der Waals surface area contributed by atoms with Crippen molar-refractivity contribution in [2.45, 2.75) is 40.0 Å². The molecule has 1 aromatic rings. The third-order valence-corrected chi connectivity index (χ3v) is 7.71. The summed E-state index contributed by atoms with van der Waals surface area (Å²) in [5.41, 5.74) is -0.612. The van der Waals surface area contributed by atoms with Crippen molar-refractivity contribution in [1.82, 2.24) is 14.8 Å². The SMILES string of the molecule is CC1(C)[C@@H]2CC[C@]1(C)C(=O)N(CCCN1CCN(c3ccccn3)CC1)C2=O. The number of piperidine rings is 1. The van der Waals surface area contributed by atoms with Crippen molar-refractivity contribution < 1.29 is 9.59 Å². The van der Waals surface area contributed by atoms with Crippen molar-refractivity contribution in [1.29, 1.82) is 0 Å². The van der Waals surface area contributed by atoms with Crippen LogP contribution in [0, 0.1) is 16.7 Å². The molecule has 0 radical (unpaired) electrons. The van der Waals surface area contributed by atoms with Crippen molar-refractivity contribution in [3.05, 3.63) is 24.4 Å². The van der Waals surface area contributed by atoms with E-state index >= 15 is 0 Å². The van der Waals surface area contributed by atoms with Crippen LogP contribution in [0.3, 0.4) is 0 Å². The average molecular weight is 385 g/mol. The predicted molar refractivity (Wildman–Crippen MR) is 109 cm³/mol. The Kier molecular flexibility index (Phi) is 4.94. The van der Waals surface area contributed by atoms with Gasteiger partial charge in [0.15, 0.2) is 0 Å². The van der Waals surface area contributed by atoms with Crippen LogP contribution in [0.5, 0.6) is 0 Å². The highest BCUT2D eigenvalue weighted by molar-refractivity contribution is 6.03. The number of imide groups is 1. The van der Waals surface area contributed by atoms with Gasteiger partial charge in [-0.1, -0.05) is 26.8 Å². The molecule has 4 rings (SSSR count). The normalized spacial score (nSPS) is 30.2. The van der Waals surface area contributed by atoms with Crippen LogP contribution in [0.15, 0.2) is 24.4 Å². The van der Waals surface area contributed by atoms with Crippen molar-refractivity contribution >= 4 is 17.6 Å². The number of hydrogen-bond acceptors (Lipinski definition) is 5. The number of pyridine rings is 1. The topological polar surface area (TPSA) is 56.8 Å². The van der Waals surface area contributed by atoms with Gasteiger partial charge in [-0.25, -0.2) is 4.98 Å². The van der Waals surface area contributed by atoms with Crippen molar-refractivity contribution in [2.24, 2.45) is 16.7 Å². The van der Waals surface area contributed by atoms with Crippen LogP contribution in [0.25, 0.3) is 0 Å². The van der Waals surface area contributed by atoms with E-state index in [1.807, 2.05) is 18.3 Å². The first-order valence-electron chi connectivity index (χ1n) is 10.6. The Labute approximate surface area is 167 Å². The van der Waals surface area contributed by atoms with Crippen molar-refractivity contribution in [3.63, 3.8) is 0 Å². The van der Waals surface area contributed by atoms with E-state index in [1.54, 1.807) is 4.90 Å². The molecular formula is C22H32N4O2. The molecule has 3 fully saturated rings. The third kappa shape index (κ3) is 3.02. The highest BCUT2D eigenvalue weighted by Crippen LogP contribution is 2.60. The lowest BCUT2D eigenvalue weighted by Crippen LogP contribution is -2.59. The minimum Gasteiger partial charge on any atom is -0.354 e. The van der Waals surface area contributed by atoms with E-state index in [1.165, 1.54) is 0 Å². The molecule has 3 aliphatic rings. The summed E-state index contributed by atoms with van der Waals surface area (Å²) in [7, 11) is 0. The number of fused-ring (bicyclic) bond motifs is 2. The monoisotopic (exact) mass is 384 g/mol. The van der Waals surface area contributed by atoms with Gasteiger partial charge in [0.25, 0.3) is 0 Å². The van der Waals surface area contributed by atoms with Gasteiger partial charge in [-0.05, 0) is 43.4 Å². The van der Waals surface area contributed by atoms with Crippen LogP contribution in [0.2, 0.25) is 0 Å². The van der Waals surface area contributed by atoms with E-state index in [9.17, 15) is 9.59 Å². The number of carbonyl (C=O) groups excluding carboxylic acids is 2. The molecule has 0 N–H and O–H groups in total. The Balaban J connectivity index is 1.28. The molecule has 3 heterocycles. The lowest BCUT2D eigenvalue weighted by atomic mass is 9.62. The molecule has 2 aliphatic heterocycles. The van der Waals surface area contributed by atoms with Gasteiger partial charge in [0.1, 0.15) is 5.82 Å². The van der Waals surface area contributed by atoms with Crippen LogP contribution < -0.4 is 4.90 Å². The third-order valence-electron chi connectivity index (χ3n) is 7.71. The second-order valence-electron chi connectivity index (χ2n) is 9.31. The second-order valence-corrected chi connectivity index (χ2v) is 9.31. The van der Waals surface area contributed by atoms with E-state index in [-0.39, 0.29) is 28.6 Å². The Bertz CT molecular complexity index is 742. The molecule has 28 heavy (non-hydrogen) atoms. The molecular weight excluding hydrogens is 352 g/mol. The molecule has 2 amide bonds. The minimum absolute atomic E-state index is 0.00267. The number of rotatable bonds is 5. The summed E-state index contributed by atoms with van der Waals surface area (Å²) in [5.74, 6) is 1.15. The standard InChI is InChI=1S/C22H32N4O2/c1-21(2)17-8-9-22(21,3)20(28)26(19(17)27)12-6-11-24-13-15-25(16-14-24)18-7-4-5-10-23-18/h4-5,7,10,17H,6,8-9,11-16H2,1-3H3/t17-,22-/m1/s1. The Hall–Kier alpha value is -1.95. The first-order valence-corrected chi connectivity index (χ1v) is 10.6. The predicted octanol–water partition coefficient (Wildman–Crippen LogP) is 2.41. The van der Waals surface area contributed by atoms with Gasteiger partial charge in [0, 0.05) is 44.8 Å². The molecule has 2 bridgehead atoms. The molecule has 2 atom stereocenters. The summed E-state index contributed by atoms with van der Waals surface area (Å²) in [4.78, 5) is 36.8. The molecule has 2 saturated heterocycles. The first kappa shape index (κ1) is 19.4. The average Bonchev–Trinajstić information content (AvgIpc) is 2.89. The van der Waals surface area contributed by atoms with E-state index in [2.05, 4.69) is 41.6 Å². The maximum absolute atomic E-state index is 13.1. The van der Waals surface area contributed by atoms with Crippen molar-refractivity contribution in [2.75, 3.05) is 44.2 Å². The maximum Gasteiger partial charge on any atom is 0.235 e. The summed E-state index contributed by atoms with van der Waals surface area (Å²) >= 11 is 0. The fourth-order valence-electron chi connectivity index (χ4n) is 5.31. The number of amides is 2. The zero-order valence-electron chi connectivity index (χ0n) is 17.4. The molecule has 0 spiro atoms. The summed E-state index contributed by atoms with van der Waals surface area (Å²) in [6.07, 6.45) is 4.37. The lowest BCUT2D eigenvalue weighted by Gasteiger charge is -2.47. The quantitative estimate of drug-likeness (QED) is 0.730. The largest absolute Gasteiger partial charge is 0.354 e. The van der Waals surface area contributed by atoms with Crippen LogP contribution in [0.4, 0.5) is 5.82 Å². The summed E-state index contributed by atoms with van der Waals surface area (Å²) < 4.78 is 0. The van der Waals surface area contributed by atoms with Crippen LogP contribution >= 0.6 is 0 Å². The zero-order valence-corrected chi connectivity index (χ0v) is 17.4. The van der Waals surface area contributed by atoms with Gasteiger partial charge in [-0.15, -0.1) is 0 Å². The first-order chi connectivity index (χ1) is 13.3. The van der Waals surface area contributed by atoms with Gasteiger partial charge in [0.2, 0.25) is 11.8 Å². The fourth-order valence-corrected chi connectivity index (χ4v) is 5.31. The van der Waals surface area contributed by atoms with E-state index < -0.39 is 0 Å². The molecule has 0 aromatic carbocycles. The van der Waals surface area contributed by atoms with Crippen LogP contribution in [-0.2, 0) is 9.59 Å². The van der Waals surface area contributed by atoms with Gasteiger partial charge in [-0.2, -0.15) is 0 Å². The van der Waals surface area contributed by atoms with Crippen LogP contribution in [0.1, 0.15) is 40.0 Å². The smallest absolute Gasteiger partial charge is 0.235 e. The van der Waals surface area contributed by atoms with Crippen LogP contribution in [-0.4, -0.2) is 65.9 Å². The van der Waals surface area contributed by atoms with E-state index in [0.29, 0.717) is 6.54 Å². The number of carbonyl (C=O) groups is 2. The van der Waals surface area contributed by atoms with Gasteiger partial charge in [0.05, 0.1) is 5.41 Å². The van der Waals surface area contributed by atoms with Gasteiger partial charge >= 0.3 is 0 Å². The molecule has 0 unspecified atom stereocenters. The number of nitrogens with zero attached hydrogens (tertiary/aromatic N) is 4. The molecule has 152 valence electrons. The number of likely N-dealkylation sites (tertiary alicyclic amines) is 1. The number of aromatic nitrogens is 1. The fraction of sp³-hybridized carbons (Fsp3) is 0.682. The lowest BCUT2D eigenvalue weighted by molar-refractivity contribution is -0.167. The second kappa shape index (κ2) is 7.14. The molecule has 1 aromatic heterocycles.